The third-order valence-electron chi connectivity index (χ3n) is 2.36. The zero-order valence-electron chi connectivity index (χ0n) is 9.65. The molecule has 0 bridgehead atoms. The second-order valence-corrected chi connectivity index (χ2v) is 4.96. The van der Waals surface area contributed by atoms with E-state index in [0.29, 0.717) is 5.75 Å². The van der Waals surface area contributed by atoms with Crippen LogP contribution in [0.25, 0.3) is 0 Å². The summed E-state index contributed by atoms with van der Waals surface area (Å²) >= 11 is 1.01. The van der Waals surface area contributed by atoms with E-state index in [0.717, 1.165) is 23.9 Å². The SMILES string of the molecule is CC(=O)SCCC(C(=O)O)c1ccc(F)c(F)c1. The Morgan fingerprint density at radius 2 is 2.00 bits per heavy atom. The Labute approximate surface area is 107 Å². The van der Waals surface area contributed by atoms with E-state index in [-0.39, 0.29) is 17.1 Å². The highest BCUT2D eigenvalue weighted by atomic mass is 32.2. The van der Waals surface area contributed by atoms with E-state index in [9.17, 15) is 18.4 Å². The minimum absolute atomic E-state index is 0.107. The molecule has 0 spiro atoms. The number of carbonyl (C=O) groups excluding carboxylic acids is 1. The van der Waals surface area contributed by atoms with E-state index in [4.69, 9.17) is 5.11 Å². The van der Waals surface area contributed by atoms with Crippen LogP contribution in [0.3, 0.4) is 0 Å². The van der Waals surface area contributed by atoms with Crippen molar-refractivity contribution in [1.29, 1.82) is 0 Å². The number of rotatable bonds is 5. The molecule has 0 saturated carbocycles. The molecular weight excluding hydrogens is 262 g/mol. The Hall–Kier alpha value is -1.43. The normalized spacial score (nSPS) is 12.2. The third kappa shape index (κ3) is 4.10. The van der Waals surface area contributed by atoms with Crippen molar-refractivity contribution in [1.82, 2.24) is 0 Å². The first kappa shape index (κ1) is 14.6. The molecule has 18 heavy (non-hydrogen) atoms. The van der Waals surface area contributed by atoms with Gasteiger partial charge in [0, 0.05) is 12.7 Å². The number of aliphatic carboxylic acids is 1. The quantitative estimate of drug-likeness (QED) is 0.897. The number of hydrogen-bond acceptors (Lipinski definition) is 3. The van der Waals surface area contributed by atoms with Gasteiger partial charge in [0.05, 0.1) is 5.92 Å². The number of carbonyl (C=O) groups is 2. The highest BCUT2D eigenvalue weighted by molar-refractivity contribution is 8.13. The van der Waals surface area contributed by atoms with E-state index in [1.165, 1.54) is 13.0 Å². The lowest BCUT2D eigenvalue weighted by molar-refractivity contribution is -0.138. The van der Waals surface area contributed by atoms with Gasteiger partial charge in [-0.15, -0.1) is 0 Å². The number of hydrogen-bond donors (Lipinski definition) is 1. The molecule has 6 heteroatoms. The molecule has 1 aromatic rings. The lowest BCUT2D eigenvalue weighted by Gasteiger charge is -2.12. The van der Waals surface area contributed by atoms with Gasteiger partial charge in [0.2, 0.25) is 0 Å². The molecule has 0 saturated heterocycles. The fraction of sp³-hybridized carbons (Fsp3) is 0.333. The lowest BCUT2D eigenvalue weighted by atomic mass is 9.96. The summed E-state index contributed by atoms with van der Waals surface area (Å²) in [4.78, 5) is 21.8. The minimum atomic E-state index is -1.12. The van der Waals surface area contributed by atoms with Crippen LogP contribution in [0.2, 0.25) is 0 Å². The van der Waals surface area contributed by atoms with Crippen LogP contribution in [0.5, 0.6) is 0 Å². The van der Waals surface area contributed by atoms with Gasteiger partial charge in [-0.3, -0.25) is 9.59 Å². The fourth-order valence-corrected chi connectivity index (χ4v) is 2.12. The highest BCUT2D eigenvalue weighted by Crippen LogP contribution is 2.24. The van der Waals surface area contributed by atoms with E-state index in [1.54, 1.807) is 0 Å². The van der Waals surface area contributed by atoms with Gasteiger partial charge in [-0.1, -0.05) is 17.8 Å². The number of carboxylic acid groups (broad SMARTS) is 1. The molecular formula is C12H12F2O3S. The molecule has 0 heterocycles. The number of thioether (sulfide) groups is 1. The van der Waals surface area contributed by atoms with Crippen molar-refractivity contribution in [3.05, 3.63) is 35.4 Å². The number of carboxylic acids is 1. The smallest absolute Gasteiger partial charge is 0.311 e. The van der Waals surface area contributed by atoms with Crippen LogP contribution in [-0.2, 0) is 9.59 Å². The van der Waals surface area contributed by atoms with Crippen molar-refractivity contribution >= 4 is 22.8 Å². The Bertz CT molecular complexity index is 463. The van der Waals surface area contributed by atoms with Crippen molar-refractivity contribution in [3.63, 3.8) is 0 Å². The zero-order chi connectivity index (χ0) is 13.7. The first-order valence-electron chi connectivity index (χ1n) is 5.23. The van der Waals surface area contributed by atoms with Gasteiger partial charge in [0.1, 0.15) is 0 Å². The van der Waals surface area contributed by atoms with Crippen LogP contribution in [0, 0.1) is 11.6 Å². The van der Waals surface area contributed by atoms with E-state index in [2.05, 4.69) is 0 Å². The van der Waals surface area contributed by atoms with Crippen LogP contribution in [0.15, 0.2) is 18.2 Å². The Morgan fingerprint density at radius 1 is 1.33 bits per heavy atom. The first-order valence-corrected chi connectivity index (χ1v) is 6.21. The summed E-state index contributed by atoms with van der Waals surface area (Å²) in [5.41, 5.74) is 0.200. The maximum Gasteiger partial charge on any atom is 0.311 e. The summed E-state index contributed by atoms with van der Waals surface area (Å²) in [7, 11) is 0. The zero-order valence-corrected chi connectivity index (χ0v) is 10.5. The van der Waals surface area contributed by atoms with Gasteiger partial charge in [-0.05, 0) is 24.1 Å². The Balaban J connectivity index is 2.80. The molecule has 0 aromatic heterocycles. The average molecular weight is 274 g/mol. The summed E-state index contributed by atoms with van der Waals surface area (Å²) in [6.45, 7) is 1.39. The lowest BCUT2D eigenvalue weighted by Crippen LogP contribution is -2.13. The fourth-order valence-electron chi connectivity index (χ4n) is 1.48. The molecule has 1 unspecified atom stereocenters. The second-order valence-electron chi connectivity index (χ2n) is 3.69. The first-order chi connectivity index (χ1) is 8.41. The van der Waals surface area contributed by atoms with Crippen LogP contribution < -0.4 is 0 Å². The minimum Gasteiger partial charge on any atom is -0.481 e. The number of benzene rings is 1. The molecule has 0 amide bonds. The van der Waals surface area contributed by atoms with Crippen molar-refractivity contribution in [2.45, 2.75) is 19.3 Å². The summed E-state index contributed by atoms with van der Waals surface area (Å²) < 4.78 is 25.8. The largest absolute Gasteiger partial charge is 0.481 e. The third-order valence-corrected chi connectivity index (χ3v) is 3.20. The molecule has 0 aliphatic rings. The van der Waals surface area contributed by atoms with Gasteiger partial charge in [0.25, 0.3) is 0 Å². The maximum atomic E-state index is 13.0. The molecule has 0 aliphatic heterocycles. The summed E-state index contributed by atoms with van der Waals surface area (Å²) in [6, 6.07) is 3.03. The van der Waals surface area contributed by atoms with Crippen LogP contribution in [0.4, 0.5) is 8.78 Å². The van der Waals surface area contributed by atoms with Crippen molar-refractivity contribution in [3.8, 4) is 0 Å². The summed E-state index contributed by atoms with van der Waals surface area (Å²) in [5, 5.41) is 8.93. The predicted octanol–water partition coefficient (Wildman–Crippen LogP) is 2.80. The molecule has 1 atom stereocenters. The standard InChI is InChI=1S/C12H12F2O3S/c1-7(15)18-5-4-9(12(16)17)8-2-3-10(13)11(14)6-8/h2-3,6,9H,4-5H2,1H3,(H,16,17). The van der Waals surface area contributed by atoms with Crippen LogP contribution >= 0.6 is 11.8 Å². The Kier molecular flexibility index (Phi) is 5.27. The monoisotopic (exact) mass is 274 g/mol. The molecule has 1 aromatic carbocycles. The Morgan fingerprint density at radius 3 is 2.50 bits per heavy atom. The van der Waals surface area contributed by atoms with E-state index in [1.807, 2.05) is 0 Å². The summed E-state index contributed by atoms with van der Waals surface area (Å²) in [6.07, 6.45) is 0.185. The van der Waals surface area contributed by atoms with Gasteiger partial charge >= 0.3 is 5.97 Å². The molecule has 0 fully saturated rings. The summed E-state index contributed by atoms with van der Waals surface area (Å²) in [5.74, 6) is -3.82. The van der Waals surface area contributed by atoms with E-state index >= 15 is 0 Å². The van der Waals surface area contributed by atoms with Crippen LogP contribution in [-0.4, -0.2) is 21.9 Å². The predicted molar refractivity (Wildman–Crippen MR) is 64.5 cm³/mol. The molecule has 0 aliphatic carbocycles. The van der Waals surface area contributed by atoms with Crippen molar-refractivity contribution in [2.75, 3.05) is 5.75 Å². The number of halogens is 2. The molecule has 3 nitrogen and oxygen atoms in total. The molecule has 1 rings (SSSR count). The molecule has 98 valence electrons. The van der Waals surface area contributed by atoms with Gasteiger partial charge in [-0.25, -0.2) is 8.78 Å². The molecule has 1 N–H and O–H groups in total. The van der Waals surface area contributed by atoms with Crippen molar-refractivity contribution in [2.24, 2.45) is 0 Å². The van der Waals surface area contributed by atoms with Gasteiger partial charge < -0.3 is 5.11 Å². The topological polar surface area (TPSA) is 54.4 Å². The molecule has 0 radical (unpaired) electrons. The maximum absolute atomic E-state index is 13.0. The van der Waals surface area contributed by atoms with Crippen LogP contribution in [0.1, 0.15) is 24.8 Å². The average Bonchev–Trinajstić information content (AvgIpc) is 2.27. The highest BCUT2D eigenvalue weighted by Gasteiger charge is 2.21. The van der Waals surface area contributed by atoms with Crippen molar-refractivity contribution < 1.29 is 23.5 Å². The second kappa shape index (κ2) is 6.49. The van der Waals surface area contributed by atoms with Gasteiger partial charge in [-0.2, -0.15) is 0 Å². The van der Waals surface area contributed by atoms with Gasteiger partial charge in [0.15, 0.2) is 16.7 Å². The van der Waals surface area contributed by atoms with E-state index < -0.39 is 23.5 Å².